The summed E-state index contributed by atoms with van der Waals surface area (Å²) in [5, 5.41) is 8.57. The van der Waals surface area contributed by atoms with Gasteiger partial charge in [-0.3, -0.25) is 9.59 Å². The molecule has 1 aliphatic carbocycles. The summed E-state index contributed by atoms with van der Waals surface area (Å²) in [6, 6.07) is 13.9. The van der Waals surface area contributed by atoms with Crippen molar-refractivity contribution in [2.24, 2.45) is 11.8 Å². The smallest absolute Gasteiger partial charge is 0.254 e. The number of likely N-dealkylation sites (tertiary alicyclic amines) is 1. The average molecular weight is 392 g/mol. The Morgan fingerprint density at radius 2 is 1.83 bits per heavy atom. The first-order chi connectivity index (χ1) is 14.2. The number of hydrogen-bond acceptors (Lipinski definition) is 3. The van der Waals surface area contributed by atoms with E-state index in [1.165, 1.54) is 6.42 Å². The molecule has 3 fully saturated rings. The molecule has 2 saturated heterocycles. The van der Waals surface area contributed by atoms with Gasteiger partial charge < -0.3 is 15.5 Å². The Morgan fingerprint density at radius 3 is 2.62 bits per heavy atom. The molecule has 2 aromatic rings. The molecule has 2 heterocycles. The number of amides is 2. The fourth-order valence-corrected chi connectivity index (χ4v) is 5.31. The second kappa shape index (κ2) is 7.79. The zero-order valence-electron chi connectivity index (χ0n) is 16.8. The average Bonchev–Trinajstić information content (AvgIpc) is 3.11. The standard InChI is InChI=1S/C24H29N3O2/c28-23(26-15-16-13-25-14-16)22-12-19-7-3-4-8-21(19)27(22)24(29)20-10-9-17-5-1-2-6-18(17)11-20/h1-2,5-6,9-11,16,19,21-22,25H,3-4,7-8,12-15H2,(H,26,28). The normalized spacial score (nSPS) is 26.8. The highest BCUT2D eigenvalue weighted by Gasteiger charge is 2.47. The van der Waals surface area contributed by atoms with Crippen molar-refractivity contribution < 1.29 is 9.59 Å². The summed E-state index contributed by atoms with van der Waals surface area (Å²) in [5.74, 6) is 1.01. The van der Waals surface area contributed by atoms with Gasteiger partial charge in [0.2, 0.25) is 5.91 Å². The first-order valence-corrected chi connectivity index (χ1v) is 11.0. The van der Waals surface area contributed by atoms with Gasteiger partial charge in [0.25, 0.3) is 5.91 Å². The van der Waals surface area contributed by atoms with Crippen LogP contribution in [0, 0.1) is 11.8 Å². The maximum absolute atomic E-state index is 13.6. The minimum atomic E-state index is -0.338. The predicted molar refractivity (Wildman–Crippen MR) is 114 cm³/mol. The summed E-state index contributed by atoms with van der Waals surface area (Å²) in [5.41, 5.74) is 0.691. The summed E-state index contributed by atoms with van der Waals surface area (Å²) in [7, 11) is 0. The van der Waals surface area contributed by atoms with Crippen LogP contribution in [0.1, 0.15) is 42.5 Å². The molecule has 0 radical (unpaired) electrons. The summed E-state index contributed by atoms with van der Waals surface area (Å²) in [6.07, 6.45) is 5.30. The molecule has 29 heavy (non-hydrogen) atoms. The Bertz CT molecular complexity index is 923. The van der Waals surface area contributed by atoms with Crippen LogP contribution < -0.4 is 10.6 Å². The zero-order valence-corrected chi connectivity index (χ0v) is 16.8. The van der Waals surface area contributed by atoms with E-state index in [4.69, 9.17) is 0 Å². The van der Waals surface area contributed by atoms with Crippen molar-refractivity contribution >= 4 is 22.6 Å². The van der Waals surface area contributed by atoms with E-state index in [0.717, 1.165) is 49.5 Å². The number of carbonyl (C=O) groups is 2. The van der Waals surface area contributed by atoms with Gasteiger partial charge >= 0.3 is 0 Å². The van der Waals surface area contributed by atoms with Crippen LogP contribution in [0.5, 0.6) is 0 Å². The molecule has 3 aliphatic rings. The van der Waals surface area contributed by atoms with Crippen molar-refractivity contribution in [3.05, 3.63) is 48.0 Å². The Kier molecular flexibility index (Phi) is 5.00. The highest BCUT2D eigenvalue weighted by atomic mass is 16.2. The summed E-state index contributed by atoms with van der Waals surface area (Å²) in [4.78, 5) is 28.6. The number of hydrogen-bond donors (Lipinski definition) is 2. The lowest BCUT2D eigenvalue weighted by Gasteiger charge is -2.34. The number of nitrogens with zero attached hydrogens (tertiary/aromatic N) is 1. The summed E-state index contributed by atoms with van der Waals surface area (Å²) < 4.78 is 0. The van der Waals surface area contributed by atoms with Gasteiger partial charge in [0.05, 0.1) is 0 Å². The van der Waals surface area contributed by atoms with E-state index in [1.54, 1.807) is 0 Å². The maximum Gasteiger partial charge on any atom is 0.254 e. The third kappa shape index (κ3) is 3.52. The van der Waals surface area contributed by atoms with Gasteiger partial charge in [-0.05, 0) is 48.1 Å². The van der Waals surface area contributed by atoms with Crippen molar-refractivity contribution in [1.29, 1.82) is 0 Å². The third-order valence-electron chi connectivity index (χ3n) is 7.05. The second-order valence-corrected chi connectivity index (χ2v) is 8.91. The molecule has 3 atom stereocenters. The van der Waals surface area contributed by atoms with Gasteiger partial charge in [0.15, 0.2) is 0 Å². The quantitative estimate of drug-likeness (QED) is 0.842. The van der Waals surface area contributed by atoms with Gasteiger partial charge in [-0.1, -0.05) is 43.2 Å². The Balaban J connectivity index is 1.41. The van der Waals surface area contributed by atoms with Crippen molar-refractivity contribution in [2.75, 3.05) is 19.6 Å². The van der Waals surface area contributed by atoms with E-state index in [1.807, 2.05) is 41.3 Å². The Hall–Kier alpha value is -2.40. The SMILES string of the molecule is O=C(NCC1CNC1)C1CC2CCCCC2N1C(=O)c1ccc2ccccc2c1. The van der Waals surface area contributed by atoms with Crippen molar-refractivity contribution in [3.8, 4) is 0 Å². The van der Waals surface area contributed by atoms with Crippen molar-refractivity contribution in [3.63, 3.8) is 0 Å². The largest absolute Gasteiger partial charge is 0.354 e. The molecule has 2 amide bonds. The topological polar surface area (TPSA) is 61.4 Å². The Morgan fingerprint density at radius 1 is 1.03 bits per heavy atom. The van der Waals surface area contributed by atoms with Crippen LogP contribution in [-0.2, 0) is 4.79 Å². The van der Waals surface area contributed by atoms with Gasteiger partial charge in [-0.15, -0.1) is 0 Å². The highest BCUT2D eigenvalue weighted by molar-refractivity contribution is 6.01. The monoisotopic (exact) mass is 391 g/mol. The fourth-order valence-electron chi connectivity index (χ4n) is 5.31. The number of benzene rings is 2. The number of fused-ring (bicyclic) bond motifs is 2. The van der Waals surface area contributed by atoms with E-state index in [9.17, 15) is 9.59 Å². The Labute approximate surface area is 171 Å². The molecule has 5 heteroatoms. The molecule has 5 nitrogen and oxygen atoms in total. The molecular weight excluding hydrogens is 362 g/mol. The lowest BCUT2D eigenvalue weighted by atomic mass is 9.84. The van der Waals surface area contributed by atoms with Gasteiger partial charge in [-0.2, -0.15) is 0 Å². The zero-order chi connectivity index (χ0) is 19.8. The van der Waals surface area contributed by atoms with Crippen LogP contribution in [0.2, 0.25) is 0 Å². The third-order valence-corrected chi connectivity index (χ3v) is 7.05. The van der Waals surface area contributed by atoms with Crippen molar-refractivity contribution in [1.82, 2.24) is 15.5 Å². The number of nitrogens with one attached hydrogen (secondary N) is 2. The van der Waals surface area contributed by atoms with Crippen LogP contribution in [0.25, 0.3) is 10.8 Å². The van der Waals surface area contributed by atoms with Crippen LogP contribution in [0.4, 0.5) is 0 Å². The minimum Gasteiger partial charge on any atom is -0.354 e. The highest BCUT2D eigenvalue weighted by Crippen LogP contribution is 2.40. The molecule has 5 rings (SSSR count). The minimum absolute atomic E-state index is 0.00983. The van der Waals surface area contributed by atoms with E-state index in [-0.39, 0.29) is 23.9 Å². The lowest BCUT2D eigenvalue weighted by molar-refractivity contribution is -0.125. The molecule has 2 aromatic carbocycles. The molecule has 0 spiro atoms. The van der Waals surface area contributed by atoms with E-state index in [2.05, 4.69) is 16.7 Å². The fraction of sp³-hybridized carbons (Fsp3) is 0.500. The molecule has 152 valence electrons. The van der Waals surface area contributed by atoms with Gasteiger partial charge in [0.1, 0.15) is 6.04 Å². The first kappa shape index (κ1) is 18.6. The second-order valence-electron chi connectivity index (χ2n) is 8.91. The summed E-state index contributed by atoms with van der Waals surface area (Å²) in [6.45, 7) is 2.64. The lowest BCUT2D eigenvalue weighted by Crippen LogP contribution is -2.53. The van der Waals surface area contributed by atoms with E-state index in [0.29, 0.717) is 23.9 Å². The predicted octanol–water partition coefficient (Wildman–Crippen LogP) is 2.95. The number of rotatable bonds is 4. The molecule has 3 unspecified atom stereocenters. The molecule has 0 bridgehead atoms. The maximum atomic E-state index is 13.6. The molecule has 2 aliphatic heterocycles. The van der Waals surface area contributed by atoms with Crippen LogP contribution in [-0.4, -0.2) is 48.4 Å². The van der Waals surface area contributed by atoms with E-state index >= 15 is 0 Å². The van der Waals surface area contributed by atoms with Crippen LogP contribution >= 0.6 is 0 Å². The van der Waals surface area contributed by atoms with Gasteiger partial charge in [-0.25, -0.2) is 0 Å². The summed E-state index contributed by atoms with van der Waals surface area (Å²) >= 11 is 0. The van der Waals surface area contributed by atoms with Crippen molar-refractivity contribution in [2.45, 2.75) is 44.2 Å². The molecule has 2 N–H and O–H groups in total. The molecular formula is C24H29N3O2. The van der Waals surface area contributed by atoms with Crippen LogP contribution in [0.15, 0.2) is 42.5 Å². The van der Waals surface area contributed by atoms with Crippen LogP contribution in [0.3, 0.4) is 0 Å². The van der Waals surface area contributed by atoms with Gasteiger partial charge in [0, 0.05) is 37.2 Å². The van der Waals surface area contributed by atoms with E-state index < -0.39 is 0 Å². The first-order valence-electron chi connectivity index (χ1n) is 11.0. The molecule has 1 saturated carbocycles. The number of carbonyl (C=O) groups excluding carboxylic acids is 2. The molecule has 0 aromatic heterocycles.